The van der Waals surface area contributed by atoms with Crippen molar-refractivity contribution in [1.29, 1.82) is 0 Å². The Morgan fingerprint density at radius 1 is 1.09 bits per heavy atom. The second-order valence-corrected chi connectivity index (χ2v) is 8.75. The highest BCUT2D eigenvalue weighted by Gasteiger charge is 2.32. The molecule has 4 heterocycles. The highest BCUT2D eigenvalue weighted by atomic mass is 16.5. The zero-order valence-corrected chi connectivity index (χ0v) is 20.0. The van der Waals surface area contributed by atoms with Gasteiger partial charge in [0.25, 0.3) is 11.8 Å². The van der Waals surface area contributed by atoms with Crippen LogP contribution in [0, 0.1) is 0 Å². The lowest BCUT2D eigenvalue weighted by Gasteiger charge is -2.41. The van der Waals surface area contributed by atoms with Gasteiger partial charge in [0.2, 0.25) is 0 Å². The molecule has 0 saturated carbocycles. The molecule has 1 aliphatic heterocycles. The second-order valence-electron chi connectivity index (χ2n) is 8.75. The van der Waals surface area contributed by atoms with E-state index < -0.39 is 6.10 Å². The van der Waals surface area contributed by atoms with Crippen LogP contribution >= 0.6 is 0 Å². The number of pyridine rings is 2. The molecule has 9 heteroatoms. The van der Waals surface area contributed by atoms with E-state index in [1.807, 2.05) is 48.5 Å². The van der Waals surface area contributed by atoms with Crippen molar-refractivity contribution in [1.82, 2.24) is 25.2 Å². The summed E-state index contributed by atoms with van der Waals surface area (Å²) in [6.07, 6.45) is 4.62. The number of hydrogen-bond acceptors (Lipinski definition) is 6. The predicted molar refractivity (Wildman–Crippen MR) is 135 cm³/mol. The van der Waals surface area contributed by atoms with Crippen LogP contribution in [-0.4, -0.2) is 70.5 Å². The summed E-state index contributed by atoms with van der Waals surface area (Å²) in [5.41, 5.74) is 1.37. The van der Waals surface area contributed by atoms with Gasteiger partial charge in [0.1, 0.15) is 17.3 Å². The van der Waals surface area contributed by atoms with E-state index in [0.717, 1.165) is 22.1 Å². The summed E-state index contributed by atoms with van der Waals surface area (Å²) in [6.45, 7) is 5.77. The summed E-state index contributed by atoms with van der Waals surface area (Å²) in [6, 6.07) is 11.2. The molecule has 0 spiro atoms. The van der Waals surface area contributed by atoms with Gasteiger partial charge in [-0.15, -0.1) is 0 Å². The standard InChI is InChI=1S/C26H28N6O3/c1-16-15-31(24-20-8-10-28-21(20)9-12-30-24)13-14-32(16)26(34)17(2)35-22-6-4-5-19-18(22)7-11-29-23(19)25(33)27-3/h4-12,16-17,28H,13-15H2,1-3H3,(H,27,33)/t16-,17+/m1/s1. The van der Waals surface area contributed by atoms with Crippen LogP contribution < -0.4 is 15.0 Å². The molecule has 3 aromatic heterocycles. The average Bonchev–Trinajstić information content (AvgIpc) is 3.37. The van der Waals surface area contributed by atoms with Gasteiger partial charge in [0.15, 0.2) is 6.10 Å². The Morgan fingerprint density at radius 2 is 1.91 bits per heavy atom. The number of aromatic nitrogens is 3. The maximum absolute atomic E-state index is 13.4. The maximum Gasteiger partial charge on any atom is 0.270 e. The van der Waals surface area contributed by atoms with Crippen LogP contribution in [0.5, 0.6) is 5.75 Å². The van der Waals surface area contributed by atoms with Crippen molar-refractivity contribution in [3.63, 3.8) is 0 Å². The Bertz CT molecular complexity index is 1400. The number of anilines is 1. The minimum atomic E-state index is -0.683. The van der Waals surface area contributed by atoms with E-state index >= 15 is 0 Å². The SMILES string of the molecule is CNC(=O)c1nccc2c(O[C@@H](C)C(=O)N3CCN(c4nccc5[nH]ccc45)C[C@H]3C)cccc12. The lowest BCUT2D eigenvalue weighted by Crippen LogP contribution is -2.56. The van der Waals surface area contributed by atoms with Crippen molar-refractivity contribution >= 4 is 39.3 Å². The number of fused-ring (bicyclic) bond motifs is 2. The Morgan fingerprint density at radius 3 is 2.71 bits per heavy atom. The fraction of sp³-hybridized carbons (Fsp3) is 0.308. The number of carbonyl (C=O) groups is 2. The van der Waals surface area contributed by atoms with Crippen molar-refractivity contribution in [2.45, 2.75) is 26.0 Å². The number of rotatable bonds is 5. The van der Waals surface area contributed by atoms with Gasteiger partial charge in [-0.2, -0.15) is 0 Å². The molecule has 9 nitrogen and oxygen atoms in total. The lowest BCUT2D eigenvalue weighted by molar-refractivity contribution is -0.140. The molecule has 5 rings (SSSR count). The lowest BCUT2D eigenvalue weighted by atomic mass is 10.1. The third-order valence-electron chi connectivity index (χ3n) is 6.53. The first-order valence-corrected chi connectivity index (χ1v) is 11.7. The summed E-state index contributed by atoms with van der Waals surface area (Å²) in [7, 11) is 1.57. The molecular formula is C26H28N6O3. The fourth-order valence-corrected chi connectivity index (χ4v) is 4.75. The second kappa shape index (κ2) is 9.25. The van der Waals surface area contributed by atoms with Crippen molar-refractivity contribution in [3.8, 4) is 5.75 Å². The van der Waals surface area contributed by atoms with E-state index in [1.165, 1.54) is 0 Å². The van der Waals surface area contributed by atoms with E-state index in [9.17, 15) is 9.59 Å². The minimum Gasteiger partial charge on any atom is -0.480 e. The molecule has 2 atom stereocenters. The first kappa shape index (κ1) is 22.6. The normalized spacial score (nSPS) is 16.9. The van der Waals surface area contributed by atoms with E-state index in [2.05, 4.69) is 25.2 Å². The van der Waals surface area contributed by atoms with Gasteiger partial charge < -0.3 is 24.8 Å². The van der Waals surface area contributed by atoms with Crippen LogP contribution in [0.1, 0.15) is 24.3 Å². The average molecular weight is 473 g/mol. The van der Waals surface area contributed by atoms with Crippen LogP contribution in [0.3, 0.4) is 0 Å². The van der Waals surface area contributed by atoms with Gasteiger partial charge in [0, 0.05) is 67.5 Å². The zero-order chi connectivity index (χ0) is 24.5. The van der Waals surface area contributed by atoms with Crippen molar-refractivity contribution in [2.24, 2.45) is 0 Å². The molecule has 0 bridgehead atoms. The predicted octanol–water partition coefficient (Wildman–Crippen LogP) is 2.98. The number of nitrogens with one attached hydrogen (secondary N) is 2. The van der Waals surface area contributed by atoms with E-state index in [1.54, 1.807) is 32.3 Å². The molecule has 0 radical (unpaired) electrons. The number of benzene rings is 1. The van der Waals surface area contributed by atoms with Crippen LogP contribution in [-0.2, 0) is 4.79 Å². The molecule has 180 valence electrons. The smallest absolute Gasteiger partial charge is 0.270 e. The van der Waals surface area contributed by atoms with E-state index in [4.69, 9.17) is 4.74 Å². The summed E-state index contributed by atoms with van der Waals surface area (Å²) in [5.74, 6) is 1.14. The number of ether oxygens (including phenoxy) is 1. The maximum atomic E-state index is 13.4. The fourth-order valence-electron chi connectivity index (χ4n) is 4.75. The molecule has 2 N–H and O–H groups in total. The van der Waals surface area contributed by atoms with Gasteiger partial charge in [-0.3, -0.25) is 14.6 Å². The Balaban J connectivity index is 1.31. The number of H-pyrrole nitrogens is 1. The molecule has 2 amide bonds. The summed E-state index contributed by atoms with van der Waals surface area (Å²) in [5, 5.41) is 5.11. The number of hydrogen-bond donors (Lipinski definition) is 2. The molecule has 1 fully saturated rings. The molecule has 0 aliphatic carbocycles. The number of aromatic amines is 1. The highest BCUT2D eigenvalue weighted by Crippen LogP contribution is 2.29. The number of piperazine rings is 1. The van der Waals surface area contributed by atoms with Crippen LogP contribution in [0.2, 0.25) is 0 Å². The van der Waals surface area contributed by atoms with Crippen molar-refractivity contribution in [3.05, 3.63) is 60.7 Å². The third kappa shape index (κ3) is 4.14. The largest absolute Gasteiger partial charge is 0.480 e. The molecular weight excluding hydrogens is 444 g/mol. The van der Waals surface area contributed by atoms with Crippen LogP contribution in [0.4, 0.5) is 5.82 Å². The number of carbonyl (C=O) groups excluding carboxylic acids is 2. The first-order valence-electron chi connectivity index (χ1n) is 11.7. The topological polar surface area (TPSA) is 103 Å². The summed E-state index contributed by atoms with van der Waals surface area (Å²) >= 11 is 0. The number of amides is 2. The van der Waals surface area contributed by atoms with Gasteiger partial charge in [0.05, 0.1) is 5.52 Å². The van der Waals surface area contributed by atoms with E-state index in [0.29, 0.717) is 36.5 Å². The Hall–Kier alpha value is -4.14. The third-order valence-corrected chi connectivity index (χ3v) is 6.53. The Labute approximate surface area is 203 Å². The van der Waals surface area contributed by atoms with Gasteiger partial charge >= 0.3 is 0 Å². The molecule has 1 aliphatic rings. The van der Waals surface area contributed by atoms with Gasteiger partial charge in [-0.1, -0.05) is 12.1 Å². The molecule has 4 aromatic rings. The van der Waals surface area contributed by atoms with Crippen molar-refractivity contribution in [2.75, 3.05) is 31.6 Å². The highest BCUT2D eigenvalue weighted by molar-refractivity contribution is 6.06. The molecule has 35 heavy (non-hydrogen) atoms. The molecule has 0 unspecified atom stereocenters. The minimum absolute atomic E-state index is 0.00475. The van der Waals surface area contributed by atoms with Gasteiger partial charge in [-0.05, 0) is 38.1 Å². The molecule has 1 aromatic carbocycles. The summed E-state index contributed by atoms with van der Waals surface area (Å²) < 4.78 is 6.14. The molecule has 1 saturated heterocycles. The van der Waals surface area contributed by atoms with Crippen molar-refractivity contribution < 1.29 is 14.3 Å². The van der Waals surface area contributed by atoms with E-state index in [-0.39, 0.29) is 17.9 Å². The van der Waals surface area contributed by atoms with Gasteiger partial charge in [-0.25, -0.2) is 4.98 Å². The quantitative estimate of drug-likeness (QED) is 0.463. The zero-order valence-electron chi connectivity index (χ0n) is 20.0. The summed E-state index contributed by atoms with van der Waals surface area (Å²) in [4.78, 5) is 41.7. The Kier molecular flexibility index (Phi) is 5.98. The van der Waals surface area contributed by atoms with Crippen LogP contribution in [0.15, 0.2) is 55.0 Å². The van der Waals surface area contributed by atoms with Crippen LogP contribution in [0.25, 0.3) is 21.7 Å². The first-order chi connectivity index (χ1) is 17.0. The number of nitrogens with zero attached hydrogens (tertiary/aromatic N) is 4. The monoisotopic (exact) mass is 472 g/mol.